The van der Waals surface area contributed by atoms with E-state index in [-0.39, 0.29) is 37.6 Å². The van der Waals surface area contributed by atoms with Crippen molar-refractivity contribution in [1.29, 1.82) is 5.26 Å². The van der Waals surface area contributed by atoms with Crippen molar-refractivity contribution in [3.8, 4) is 6.07 Å². The number of amides is 2. The fraction of sp³-hybridized carbons (Fsp3) is 0.667. The molecule has 0 bridgehead atoms. The first-order chi connectivity index (χ1) is 17.7. The average Bonchev–Trinajstić information content (AvgIpc) is 3.38. The molecule has 1 aromatic rings. The van der Waals surface area contributed by atoms with Crippen LogP contribution < -0.4 is 15.8 Å². The van der Waals surface area contributed by atoms with Gasteiger partial charge in [0.05, 0.1) is 24.7 Å². The highest BCUT2D eigenvalue weighted by Crippen LogP contribution is 2.36. The van der Waals surface area contributed by atoms with Gasteiger partial charge in [-0.05, 0) is 38.4 Å². The van der Waals surface area contributed by atoms with Gasteiger partial charge in [-0.25, -0.2) is 10.4 Å². The second-order valence-corrected chi connectivity index (χ2v) is 9.61. The first-order valence-electron chi connectivity index (χ1n) is 12.5. The number of nitriles is 1. The molecule has 4 rings (SSSR count). The van der Waals surface area contributed by atoms with Gasteiger partial charge in [-0.1, -0.05) is 0 Å². The molecular weight excluding hydrogens is 491 g/mol. The molecule has 2 unspecified atom stereocenters. The van der Waals surface area contributed by atoms with Gasteiger partial charge in [0.25, 0.3) is 0 Å². The van der Waals surface area contributed by atoms with Crippen LogP contribution >= 0.6 is 0 Å². The zero-order valence-electron chi connectivity index (χ0n) is 20.7. The van der Waals surface area contributed by atoms with E-state index in [1.807, 2.05) is 13.0 Å². The summed E-state index contributed by atoms with van der Waals surface area (Å²) in [7, 11) is 0. The highest BCUT2D eigenvalue weighted by Gasteiger charge is 2.54. The quantitative estimate of drug-likeness (QED) is 0.545. The van der Waals surface area contributed by atoms with E-state index in [1.54, 1.807) is 21.9 Å². The Kier molecular flexibility index (Phi) is 8.51. The van der Waals surface area contributed by atoms with Crippen LogP contribution in [0.15, 0.2) is 18.3 Å². The fourth-order valence-corrected chi connectivity index (χ4v) is 5.44. The highest BCUT2D eigenvalue weighted by atomic mass is 19.4. The number of carbonyl (C=O) groups excluding carboxylic acids is 2. The second-order valence-electron chi connectivity index (χ2n) is 9.61. The largest absolute Gasteiger partial charge is 0.402 e. The molecule has 2 amide bonds. The number of pyridine rings is 1. The van der Waals surface area contributed by atoms with Gasteiger partial charge >= 0.3 is 6.18 Å². The van der Waals surface area contributed by atoms with Crippen molar-refractivity contribution < 1.29 is 27.5 Å². The van der Waals surface area contributed by atoms with Crippen molar-refractivity contribution in [1.82, 2.24) is 25.6 Å². The number of rotatable bonds is 7. The number of hydrogen-bond donors (Lipinski definition) is 2. The van der Waals surface area contributed by atoms with E-state index in [0.717, 1.165) is 12.2 Å². The number of alkyl halides is 3. The number of likely N-dealkylation sites (tertiary alicyclic amines) is 1. The number of hydrazine groups is 1. The average molecular weight is 524 g/mol. The molecule has 3 saturated heterocycles. The number of anilines is 1. The standard InChI is InChI=1S/C24H32F3N7O3/c1-16(18-3-2-7-34(18)19-15-30-31-23(36)22(19)24(25,26)27)37-12-6-21(35)33-10-8-32(9-11-33)20-5-4-17(13-28)14-29-20/h4-5,14,16,18-19,22,30H,2-3,6-12,15H2,1H3,(H,31,36)/t16-,18-,19?,22?/m0/s1. The van der Waals surface area contributed by atoms with Gasteiger partial charge in [0.2, 0.25) is 11.8 Å². The molecule has 0 aromatic carbocycles. The Hall–Kier alpha value is -2.95. The third-order valence-corrected chi connectivity index (χ3v) is 7.38. The maximum atomic E-state index is 13.6. The van der Waals surface area contributed by atoms with Crippen LogP contribution in [0, 0.1) is 17.2 Å². The van der Waals surface area contributed by atoms with Crippen LogP contribution in [0.3, 0.4) is 0 Å². The smallest absolute Gasteiger partial charge is 0.376 e. The maximum absolute atomic E-state index is 13.6. The topological polar surface area (TPSA) is 114 Å². The van der Waals surface area contributed by atoms with Crippen LogP contribution in [0.4, 0.5) is 19.0 Å². The van der Waals surface area contributed by atoms with Crippen LogP contribution in [0.25, 0.3) is 0 Å². The molecule has 1 aromatic heterocycles. The molecule has 3 aliphatic rings. The van der Waals surface area contributed by atoms with E-state index >= 15 is 0 Å². The van der Waals surface area contributed by atoms with Gasteiger partial charge < -0.3 is 14.5 Å². The van der Waals surface area contributed by atoms with E-state index in [4.69, 9.17) is 10.00 Å². The van der Waals surface area contributed by atoms with E-state index in [1.165, 1.54) is 6.20 Å². The minimum absolute atomic E-state index is 0.00158. The monoisotopic (exact) mass is 523 g/mol. The van der Waals surface area contributed by atoms with Crippen LogP contribution in [0.1, 0.15) is 31.7 Å². The van der Waals surface area contributed by atoms with Crippen molar-refractivity contribution in [2.24, 2.45) is 5.92 Å². The molecule has 0 spiro atoms. The molecule has 3 aliphatic heterocycles. The molecule has 10 nitrogen and oxygen atoms in total. The first kappa shape index (κ1) is 27.1. The van der Waals surface area contributed by atoms with E-state index in [0.29, 0.717) is 44.7 Å². The number of aromatic nitrogens is 1. The lowest BCUT2D eigenvalue weighted by atomic mass is 9.93. The van der Waals surface area contributed by atoms with Crippen molar-refractivity contribution in [3.05, 3.63) is 23.9 Å². The molecule has 0 saturated carbocycles. The molecule has 0 aliphatic carbocycles. The number of halogens is 3. The lowest BCUT2D eigenvalue weighted by Gasteiger charge is -2.42. The Morgan fingerprint density at radius 2 is 2.03 bits per heavy atom. The van der Waals surface area contributed by atoms with Gasteiger partial charge in [-0.3, -0.25) is 19.9 Å². The minimum Gasteiger partial charge on any atom is -0.376 e. The number of nitrogens with zero attached hydrogens (tertiary/aromatic N) is 5. The second kappa shape index (κ2) is 11.6. The number of nitrogens with one attached hydrogen (secondary N) is 2. The van der Waals surface area contributed by atoms with Gasteiger partial charge in [-0.15, -0.1) is 0 Å². The molecule has 0 radical (unpaired) electrons. The SMILES string of the molecule is C[C@H](OCCC(=O)N1CCN(c2ccc(C#N)cn2)CC1)[C@@H]1CCCN1C1CNNC(=O)C1C(F)(F)F. The van der Waals surface area contributed by atoms with Crippen molar-refractivity contribution in [2.75, 3.05) is 50.8 Å². The molecule has 37 heavy (non-hydrogen) atoms. The summed E-state index contributed by atoms with van der Waals surface area (Å²) in [4.78, 5) is 34.6. The molecule has 4 atom stereocenters. The summed E-state index contributed by atoms with van der Waals surface area (Å²) < 4.78 is 46.8. The van der Waals surface area contributed by atoms with Gasteiger partial charge in [0, 0.05) is 51.0 Å². The first-order valence-corrected chi connectivity index (χ1v) is 12.5. The Labute approximate surface area is 213 Å². The van der Waals surface area contributed by atoms with Crippen molar-refractivity contribution >= 4 is 17.6 Å². The number of piperazine rings is 1. The number of ether oxygens (including phenoxy) is 1. The molecule has 13 heteroatoms. The molecule has 202 valence electrons. The summed E-state index contributed by atoms with van der Waals surface area (Å²) in [5.74, 6) is -2.43. The summed E-state index contributed by atoms with van der Waals surface area (Å²) in [5, 5.41) is 8.90. The van der Waals surface area contributed by atoms with Gasteiger partial charge in [-0.2, -0.15) is 18.4 Å². The van der Waals surface area contributed by atoms with Crippen molar-refractivity contribution in [2.45, 2.75) is 50.6 Å². The predicted molar refractivity (Wildman–Crippen MR) is 127 cm³/mol. The van der Waals surface area contributed by atoms with Gasteiger partial charge in [0.1, 0.15) is 11.9 Å². The van der Waals surface area contributed by atoms with E-state index in [9.17, 15) is 22.8 Å². The zero-order valence-corrected chi connectivity index (χ0v) is 20.7. The predicted octanol–water partition coefficient (Wildman–Crippen LogP) is 1.04. The van der Waals surface area contributed by atoms with Crippen LogP contribution in [-0.4, -0.2) is 96.8 Å². The molecular formula is C24H32F3N7O3. The Bertz CT molecular complexity index is 993. The number of carbonyl (C=O) groups is 2. The van der Waals surface area contributed by atoms with E-state index in [2.05, 4.69) is 20.7 Å². The van der Waals surface area contributed by atoms with Crippen LogP contribution in [-0.2, 0) is 14.3 Å². The van der Waals surface area contributed by atoms with Crippen molar-refractivity contribution in [3.63, 3.8) is 0 Å². The summed E-state index contributed by atoms with van der Waals surface area (Å²) in [6, 6.07) is 4.28. The summed E-state index contributed by atoms with van der Waals surface area (Å²) >= 11 is 0. The van der Waals surface area contributed by atoms with Crippen LogP contribution in [0.2, 0.25) is 0 Å². The molecule has 4 heterocycles. The fourth-order valence-electron chi connectivity index (χ4n) is 5.44. The third-order valence-electron chi connectivity index (χ3n) is 7.38. The summed E-state index contributed by atoms with van der Waals surface area (Å²) in [5.41, 5.74) is 5.18. The lowest BCUT2D eigenvalue weighted by Crippen LogP contribution is -2.65. The normalized spacial score (nSPS) is 26.0. The Morgan fingerprint density at radius 3 is 2.68 bits per heavy atom. The third kappa shape index (κ3) is 6.31. The summed E-state index contributed by atoms with van der Waals surface area (Å²) in [6.07, 6.45) is -1.92. The zero-order chi connectivity index (χ0) is 26.6. The molecule has 3 fully saturated rings. The van der Waals surface area contributed by atoms with E-state index < -0.39 is 24.0 Å². The Balaban J connectivity index is 1.24. The maximum Gasteiger partial charge on any atom is 0.402 e. The van der Waals surface area contributed by atoms with Crippen LogP contribution in [0.5, 0.6) is 0 Å². The van der Waals surface area contributed by atoms with Gasteiger partial charge in [0.15, 0.2) is 5.92 Å². The summed E-state index contributed by atoms with van der Waals surface area (Å²) in [6.45, 7) is 4.79. The number of hydrogen-bond acceptors (Lipinski definition) is 8. The lowest BCUT2D eigenvalue weighted by molar-refractivity contribution is -0.202. The highest BCUT2D eigenvalue weighted by molar-refractivity contribution is 5.80. The molecule has 2 N–H and O–H groups in total. The minimum atomic E-state index is -4.64. The Morgan fingerprint density at radius 1 is 1.27 bits per heavy atom.